The molecular formula is C9H16N4S. The summed E-state index contributed by atoms with van der Waals surface area (Å²) in [4.78, 5) is 4.10. The number of H-pyrrole nitrogens is 1. The summed E-state index contributed by atoms with van der Waals surface area (Å²) in [6.07, 6.45) is 4.32. The van der Waals surface area contributed by atoms with Gasteiger partial charge in [0, 0.05) is 11.8 Å². The number of aromatic nitrogens is 3. The van der Waals surface area contributed by atoms with Crippen molar-refractivity contribution in [2.45, 2.75) is 31.0 Å². The first-order valence-electron chi connectivity index (χ1n) is 5.11. The van der Waals surface area contributed by atoms with Gasteiger partial charge in [0.2, 0.25) is 0 Å². The van der Waals surface area contributed by atoms with Crippen LogP contribution in [0.1, 0.15) is 19.8 Å². The van der Waals surface area contributed by atoms with Crippen LogP contribution in [-0.4, -0.2) is 33.5 Å². The molecule has 1 aliphatic carbocycles. The Morgan fingerprint density at radius 3 is 3.14 bits per heavy atom. The number of hydrogen-bond donors (Lipinski definition) is 2. The molecule has 2 rings (SSSR count). The van der Waals surface area contributed by atoms with E-state index in [1.54, 1.807) is 18.1 Å². The minimum atomic E-state index is 0.648. The third kappa shape index (κ3) is 2.72. The van der Waals surface area contributed by atoms with Crippen LogP contribution in [0, 0.1) is 5.92 Å². The number of hydrogen-bond acceptors (Lipinski definition) is 4. The van der Waals surface area contributed by atoms with Crippen LogP contribution in [0.15, 0.2) is 11.5 Å². The number of aromatic amines is 1. The molecule has 0 spiro atoms. The molecule has 2 N–H and O–H groups in total. The zero-order valence-corrected chi connectivity index (χ0v) is 9.18. The lowest BCUT2D eigenvalue weighted by atomic mass is 10.2. The van der Waals surface area contributed by atoms with Gasteiger partial charge in [0.15, 0.2) is 5.16 Å². The average Bonchev–Trinajstić information content (AvgIpc) is 2.90. The van der Waals surface area contributed by atoms with Gasteiger partial charge in [-0.3, -0.25) is 5.10 Å². The van der Waals surface area contributed by atoms with Crippen molar-refractivity contribution in [1.29, 1.82) is 0 Å². The van der Waals surface area contributed by atoms with Crippen LogP contribution in [0.3, 0.4) is 0 Å². The summed E-state index contributed by atoms with van der Waals surface area (Å²) in [5.41, 5.74) is 0. The molecule has 1 aliphatic rings. The molecule has 1 heterocycles. The van der Waals surface area contributed by atoms with Crippen molar-refractivity contribution >= 4 is 11.8 Å². The van der Waals surface area contributed by atoms with E-state index >= 15 is 0 Å². The highest BCUT2D eigenvalue weighted by Crippen LogP contribution is 2.34. The highest BCUT2D eigenvalue weighted by atomic mass is 32.2. The highest BCUT2D eigenvalue weighted by molar-refractivity contribution is 7.99. The van der Waals surface area contributed by atoms with Gasteiger partial charge in [-0.15, -0.1) is 0 Å². The SMILES string of the molecule is CCNC(CSc1ncn[nH]1)C1CC1. The van der Waals surface area contributed by atoms with Crippen molar-refractivity contribution in [1.82, 2.24) is 20.5 Å². The Hall–Kier alpha value is -0.550. The Bertz CT molecular complexity index is 258. The number of nitrogens with zero attached hydrogens (tertiary/aromatic N) is 2. The maximum Gasteiger partial charge on any atom is 0.183 e. The van der Waals surface area contributed by atoms with Crippen LogP contribution in [0.2, 0.25) is 0 Å². The summed E-state index contributed by atoms with van der Waals surface area (Å²) < 4.78 is 0. The van der Waals surface area contributed by atoms with E-state index in [1.165, 1.54) is 12.8 Å². The van der Waals surface area contributed by atoms with Gasteiger partial charge in [0.1, 0.15) is 6.33 Å². The second kappa shape index (κ2) is 4.79. The molecule has 1 atom stereocenters. The number of rotatable bonds is 6. The predicted molar refractivity (Wildman–Crippen MR) is 57.3 cm³/mol. The quantitative estimate of drug-likeness (QED) is 0.698. The minimum absolute atomic E-state index is 0.648. The van der Waals surface area contributed by atoms with Crippen molar-refractivity contribution in [2.75, 3.05) is 12.3 Å². The molecule has 0 amide bonds. The van der Waals surface area contributed by atoms with Gasteiger partial charge < -0.3 is 5.32 Å². The van der Waals surface area contributed by atoms with Crippen molar-refractivity contribution in [3.05, 3.63) is 6.33 Å². The summed E-state index contributed by atoms with van der Waals surface area (Å²) in [7, 11) is 0. The fraction of sp³-hybridized carbons (Fsp3) is 0.778. The van der Waals surface area contributed by atoms with Crippen molar-refractivity contribution in [2.24, 2.45) is 5.92 Å². The van der Waals surface area contributed by atoms with Crippen LogP contribution in [-0.2, 0) is 0 Å². The van der Waals surface area contributed by atoms with Crippen LogP contribution >= 0.6 is 11.8 Å². The molecule has 78 valence electrons. The standard InChI is InChI=1S/C9H16N4S/c1-2-10-8(7-3-4-7)5-14-9-11-6-12-13-9/h6-8,10H,2-5H2,1H3,(H,11,12,13). The van der Waals surface area contributed by atoms with Crippen LogP contribution in [0.4, 0.5) is 0 Å². The molecule has 5 heteroatoms. The largest absolute Gasteiger partial charge is 0.313 e. The Morgan fingerprint density at radius 2 is 2.57 bits per heavy atom. The molecule has 0 aliphatic heterocycles. The molecule has 1 saturated carbocycles. The maximum atomic E-state index is 4.10. The first-order chi connectivity index (χ1) is 6.90. The fourth-order valence-corrected chi connectivity index (χ4v) is 2.52. The lowest BCUT2D eigenvalue weighted by Crippen LogP contribution is -2.33. The summed E-state index contributed by atoms with van der Waals surface area (Å²) in [5.74, 6) is 1.98. The molecule has 0 radical (unpaired) electrons. The smallest absolute Gasteiger partial charge is 0.183 e. The first-order valence-corrected chi connectivity index (χ1v) is 6.10. The van der Waals surface area contributed by atoms with Gasteiger partial charge in [0.25, 0.3) is 0 Å². The second-order valence-corrected chi connectivity index (χ2v) is 4.61. The van der Waals surface area contributed by atoms with E-state index in [2.05, 4.69) is 27.4 Å². The summed E-state index contributed by atoms with van der Waals surface area (Å²) >= 11 is 1.75. The molecule has 4 nitrogen and oxygen atoms in total. The molecule has 1 aromatic rings. The lowest BCUT2D eigenvalue weighted by molar-refractivity contribution is 0.519. The number of thioether (sulfide) groups is 1. The minimum Gasteiger partial charge on any atom is -0.313 e. The summed E-state index contributed by atoms with van der Waals surface area (Å²) in [6, 6.07) is 0.648. The second-order valence-electron chi connectivity index (χ2n) is 3.60. The average molecular weight is 212 g/mol. The van der Waals surface area contributed by atoms with E-state index in [1.807, 2.05) is 0 Å². The van der Waals surface area contributed by atoms with Gasteiger partial charge >= 0.3 is 0 Å². The van der Waals surface area contributed by atoms with E-state index < -0.39 is 0 Å². The van der Waals surface area contributed by atoms with E-state index in [9.17, 15) is 0 Å². The molecule has 0 saturated heterocycles. The summed E-state index contributed by atoms with van der Waals surface area (Å²) in [6.45, 7) is 3.21. The van der Waals surface area contributed by atoms with Crippen molar-refractivity contribution < 1.29 is 0 Å². The number of nitrogens with one attached hydrogen (secondary N) is 2. The van der Waals surface area contributed by atoms with E-state index in [-0.39, 0.29) is 0 Å². The molecule has 0 aromatic carbocycles. The Kier molecular flexibility index (Phi) is 3.42. The Morgan fingerprint density at radius 1 is 1.71 bits per heavy atom. The van der Waals surface area contributed by atoms with Gasteiger partial charge in [-0.25, -0.2) is 4.98 Å². The molecule has 14 heavy (non-hydrogen) atoms. The van der Waals surface area contributed by atoms with Gasteiger partial charge in [-0.1, -0.05) is 18.7 Å². The molecular weight excluding hydrogens is 196 g/mol. The molecule has 0 bridgehead atoms. The van der Waals surface area contributed by atoms with E-state index in [0.29, 0.717) is 6.04 Å². The third-order valence-corrected chi connectivity index (χ3v) is 3.45. The third-order valence-electron chi connectivity index (χ3n) is 2.45. The molecule has 1 aromatic heterocycles. The van der Waals surface area contributed by atoms with Crippen LogP contribution < -0.4 is 5.32 Å². The fourth-order valence-electron chi connectivity index (χ4n) is 1.55. The van der Waals surface area contributed by atoms with Crippen molar-refractivity contribution in [3.8, 4) is 0 Å². The van der Waals surface area contributed by atoms with Gasteiger partial charge in [-0.05, 0) is 25.3 Å². The Balaban J connectivity index is 1.76. The topological polar surface area (TPSA) is 53.6 Å². The van der Waals surface area contributed by atoms with Gasteiger partial charge in [-0.2, -0.15) is 5.10 Å². The lowest BCUT2D eigenvalue weighted by Gasteiger charge is -2.15. The van der Waals surface area contributed by atoms with Crippen molar-refractivity contribution in [3.63, 3.8) is 0 Å². The Labute approximate surface area is 88.3 Å². The maximum absolute atomic E-state index is 4.10. The monoisotopic (exact) mass is 212 g/mol. The van der Waals surface area contributed by atoms with Crippen LogP contribution in [0.5, 0.6) is 0 Å². The normalized spacial score (nSPS) is 18.4. The zero-order chi connectivity index (χ0) is 9.80. The van der Waals surface area contributed by atoms with Crippen LogP contribution in [0.25, 0.3) is 0 Å². The van der Waals surface area contributed by atoms with E-state index in [4.69, 9.17) is 0 Å². The molecule has 1 fully saturated rings. The highest BCUT2D eigenvalue weighted by Gasteiger charge is 2.30. The summed E-state index contributed by atoms with van der Waals surface area (Å²) in [5, 5.41) is 11.1. The first kappa shape index (κ1) is 9.98. The molecule has 1 unspecified atom stereocenters. The van der Waals surface area contributed by atoms with Gasteiger partial charge in [0.05, 0.1) is 0 Å². The predicted octanol–water partition coefficient (Wildman–Crippen LogP) is 1.28. The zero-order valence-electron chi connectivity index (χ0n) is 8.36. The van der Waals surface area contributed by atoms with E-state index in [0.717, 1.165) is 23.4 Å².